The summed E-state index contributed by atoms with van der Waals surface area (Å²) in [6.45, 7) is 5.24. The standard InChI is InChI=1S/C28H35F3N4O/c29-28(30,31)25-6-2-1-4-23(25)19-35(17-21-10-12-32-14-21)27(36)15-33-26-7-3-5-22-18-34(13-11-24(22)26)16-20-8-9-20/h1-7,20-21,32-33H,8-19H2/t21-/m1/s1. The van der Waals surface area contributed by atoms with Crippen molar-refractivity contribution in [1.29, 1.82) is 0 Å². The molecule has 1 amide bonds. The molecule has 0 spiro atoms. The Kier molecular flexibility index (Phi) is 7.53. The second-order valence-corrected chi connectivity index (χ2v) is 10.5. The molecule has 2 aromatic carbocycles. The Hall–Kier alpha value is -2.58. The summed E-state index contributed by atoms with van der Waals surface area (Å²) < 4.78 is 40.8. The second kappa shape index (κ2) is 10.8. The Morgan fingerprint density at radius 2 is 1.92 bits per heavy atom. The molecule has 0 unspecified atom stereocenters. The zero-order chi connectivity index (χ0) is 25.1. The van der Waals surface area contributed by atoms with Gasteiger partial charge in [0.1, 0.15) is 0 Å². The van der Waals surface area contributed by atoms with Gasteiger partial charge in [-0.05, 0) is 79.4 Å². The topological polar surface area (TPSA) is 47.6 Å². The van der Waals surface area contributed by atoms with E-state index in [0.717, 1.165) is 56.7 Å². The lowest BCUT2D eigenvalue weighted by molar-refractivity contribution is -0.139. The SMILES string of the molecule is O=C(CNc1cccc2c1CCN(CC1CC1)C2)N(Cc1ccccc1C(F)(F)F)C[C@@H]1CCNC1. The molecule has 194 valence electrons. The molecule has 5 rings (SSSR count). The van der Waals surface area contributed by atoms with Gasteiger partial charge in [0.25, 0.3) is 0 Å². The van der Waals surface area contributed by atoms with Crippen LogP contribution in [0.3, 0.4) is 0 Å². The van der Waals surface area contributed by atoms with Crippen molar-refractivity contribution >= 4 is 11.6 Å². The van der Waals surface area contributed by atoms with Gasteiger partial charge in [0.15, 0.2) is 0 Å². The number of benzene rings is 2. The Balaban J connectivity index is 1.27. The van der Waals surface area contributed by atoms with Crippen molar-refractivity contribution in [3.05, 3.63) is 64.7 Å². The number of halogens is 3. The van der Waals surface area contributed by atoms with Crippen LogP contribution in [0.5, 0.6) is 0 Å². The molecule has 36 heavy (non-hydrogen) atoms. The summed E-state index contributed by atoms with van der Waals surface area (Å²) in [5.41, 5.74) is 2.98. The predicted octanol–water partition coefficient (Wildman–Crippen LogP) is 4.52. The highest BCUT2D eigenvalue weighted by Crippen LogP contribution is 2.34. The summed E-state index contributed by atoms with van der Waals surface area (Å²) in [7, 11) is 0. The van der Waals surface area contributed by atoms with Gasteiger partial charge in [0.05, 0.1) is 12.1 Å². The summed E-state index contributed by atoms with van der Waals surface area (Å²) in [5, 5.41) is 6.62. The van der Waals surface area contributed by atoms with E-state index in [4.69, 9.17) is 0 Å². The summed E-state index contributed by atoms with van der Waals surface area (Å²) >= 11 is 0. The first-order valence-electron chi connectivity index (χ1n) is 13.1. The van der Waals surface area contributed by atoms with E-state index < -0.39 is 11.7 Å². The summed E-state index contributed by atoms with van der Waals surface area (Å²) in [6.07, 6.45) is 0.0916. The maximum atomic E-state index is 13.6. The summed E-state index contributed by atoms with van der Waals surface area (Å²) in [5.74, 6) is 0.922. The molecule has 2 aromatic rings. The number of carbonyl (C=O) groups is 1. The Morgan fingerprint density at radius 1 is 1.08 bits per heavy atom. The quantitative estimate of drug-likeness (QED) is 0.532. The first kappa shape index (κ1) is 25.1. The van der Waals surface area contributed by atoms with E-state index in [1.54, 1.807) is 11.0 Å². The monoisotopic (exact) mass is 500 g/mol. The average molecular weight is 501 g/mol. The number of nitrogens with one attached hydrogen (secondary N) is 2. The van der Waals surface area contributed by atoms with E-state index in [1.165, 1.54) is 42.6 Å². The average Bonchev–Trinajstić information content (AvgIpc) is 3.52. The molecule has 2 heterocycles. The number of rotatable bonds is 9. The highest BCUT2D eigenvalue weighted by Gasteiger charge is 2.34. The molecule has 8 heteroatoms. The summed E-state index contributed by atoms with van der Waals surface area (Å²) in [6, 6.07) is 11.8. The van der Waals surface area contributed by atoms with Crippen LogP contribution in [0.25, 0.3) is 0 Å². The zero-order valence-electron chi connectivity index (χ0n) is 20.6. The first-order valence-corrected chi connectivity index (χ1v) is 13.1. The number of anilines is 1. The summed E-state index contributed by atoms with van der Waals surface area (Å²) in [4.78, 5) is 17.5. The van der Waals surface area contributed by atoms with Crippen LogP contribution in [0, 0.1) is 11.8 Å². The molecular weight excluding hydrogens is 465 g/mol. The molecule has 1 saturated heterocycles. The number of hydrogen-bond acceptors (Lipinski definition) is 4. The predicted molar refractivity (Wildman–Crippen MR) is 134 cm³/mol. The number of carbonyl (C=O) groups excluding carboxylic acids is 1. The molecule has 3 aliphatic rings. The minimum absolute atomic E-state index is 0.0459. The molecule has 0 aromatic heterocycles. The molecular formula is C28H35F3N4O. The fourth-order valence-corrected chi connectivity index (χ4v) is 5.51. The highest BCUT2D eigenvalue weighted by atomic mass is 19.4. The fraction of sp³-hybridized carbons (Fsp3) is 0.536. The lowest BCUT2D eigenvalue weighted by Crippen LogP contribution is -2.39. The maximum absolute atomic E-state index is 13.6. The van der Waals surface area contributed by atoms with Gasteiger partial charge in [0.2, 0.25) is 5.91 Å². The van der Waals surface area contributed by atoms with E-state index in [1.807, 2.05) is 12.1 Å². The van der Waals surface area contributed by atoms with Crippen LogP contribution in [-0.4, -0.2) is 55.0 Å². The van der Waals surface area contributed by atoms with Crippen molar-refractivity contribution in [1.82, 2.24) is 15.1 Å². The van der Waals surface area contributed by atoms with Gasteiger partial charge in [-0.15, -0.1) is 0 Å². The largest absolute Gasteiger partial charge is 0.416 e. The van der Waals surface area contributed by atoms with Crippen molar-refractivity contribution in [2.24, 2.45) is 11.8 Å². The number of nitrogens with zero attached hydrogens (tertiary/aromatic N) is 2. The second-order valence-electron chi connectivity index (χ2n) is 10.5. The minimum atomic E-state index is -4.45. The van der Waals surface area contributed by atoms with E-state index in [0.29, 0.717) is 6.54 Å². The van der Waals surface area contributed by atoms with Crippen LogP contribution in [-0.2, 0) is 30.5 Å². The van der Waals surface area contributed by atoms with Crippen molar-refractivity contribution in [3.63, 3.8) is 0 Å². The van der Waals surface area contributed by atoms with Gasteiger partial charge in [-0.2, -0.15) is 13.2 Å². The van der Waals surface area contributed by atoms with Crippen LogP contribution < -0.4 is 10.6 Å². The number of hydrogen-bond donors (Lipinski definition) is 2. The molecule has 1 atom stereocenters. The van der Waals surface area contributed by atoms with Crippen molar-refractivity contribution < 1.29 is 18.0 Å². The third-order valence-corrected chi connectivity index (χ3v) is 7.67. The third-order valence-electron chi connectivity index (χ3n) is 7.67. The van der Waals surface area contributed by atoms with Gasteiger partial charge < -0.3 is 15.5 Å². The molecule has 5 nitrogen and oxygen atoms in total. The molecule has 1 aliphatic carbocycles. The van der Waals surface area contributed by atoms with Crippen LogP contribution in [0.4, 0.5) is 18.9 Å². The van der Waals surface area contributed by atoms with E-state index in [2.05, 4.69) is 21.6 Å². The van der Waals surface area contributed by atoms with Crippen LogP contribution >= 0.6 is 0 Å². The van der Waals surface area contributed by atoms with Crippen LogP contribution in [0.1, 0.15) is 41.5 Å². The van der Waals surface area contributed by atoms with Crippen LogP contribution in [0.15, 0.2) is 42.5 Å². The van der Waals surface area contributed by atoms with Gasteiger partial charge in [-0.25, -0.2) is 0 Å². The fourth-order valence-electron chi connectivity index (χ4n) is 5.51. The lowest BCUT2D eigenvalue weighted by Gasteiger charge is -2.31. The van der Waals surface area contributed by atoms with Gasteiger partial charge in [0, 0.05) is 38.4 Å². The molecule has 2 aliphatic heterocycles. The van der Waals surface area contributed by atoms with Gasteiger partial charge >= 0.3 is 6.18 Å². The highest BCUT2D eigenvalue weighted by molar-refractivity contribution is 5.81. The van der Waals surface area contributed by atoms with Crippen molar-refractivity contribution in [2.45, 2.75) is 44.9 Å². The Labute approximate surface area is 211 Å². The van der Waals surface area contributed by atoms with E-state index in [-0.39, 0.29) is 30.5 Å². The molecule has 0 bridgehead atoms. The number of fused-ring (bicyclic) bond motifs is 1. The molecule has 1 saturated carbocycles. The number of amides is 1. The molecule has 2 N–H and O–H groups in total. The third kappa shape index (κ3) is 6.21. The van der Waals surface area contributed by atoms with Crippen molar-refractivity contribution in [2.75, 3.05) is 44.6 Å². The smallest absolute Gasteiger partial charge is 0.376 e. The lowest BCUT2D eigenvalue weighted by atomic mass is 9.97. The first-order chi connectivity index (χ1) is 17.4. The normalized spacial score (nSPS) is 20.2. The van der Waals surface area contributed by atoms with Crippen LogP contribution in [0.2, 0.25) is 0 Å². The number of alkyl halides is 3. The van der Waals surface area contributed by atoms with E-state index >= 15 is 0 Å². The zero-order valence-corrected chi connectivity index (χ0v) is 20.6. The molecule has 2 fully saturated rings. The maximum Gasteiger partial charge on any atom is 0.416 e. The van der Waals surface area contributed by atoms with E-state index in [9.17, 15) is 18.0 Å². The van der Waals surface area contributed by atoms with Crippen molar-refractivity contribution in [3.8, 4) is 0 Å². The molecule has 0 radical (unpaired) electrons. The Morgan fingerprint density at radius 3 is 2.67 bits per heavy atom. The van der Waals surface area contributed by atoms with Gasteiger partial charge in [-0.3, -0.25) is 9.69 Å². The minimum Gasteiger partial charge on any atom is -0.376 e. The Bertz CT molecular complexity index is 1060. The van der Waals surface area contributed by atoms with Gasteiger partial charge in [-0.1, -0.05) is 30.3 Å².